The summed E-state index contributed by atoms with van der Waals surface area (Å²) in [6, 6.07) is 14.8. The van der Waals surface area contributed by atoms with Crippen molar-refractivity contribution in [2.75, 3.05) is 10.6 Å². The number of benzene rings is 1. The van der Waals surface area contributed by atoms with Gasteiger partial charge in [0.15, 0.2) is 5.13 Å². The van der Waals surface area contributed by atoms with Crippen LogP contribution in [-0.2, 0) is 13.1 Å². The average molecular weight is 420 g/mol. The first-order chi connectivity index (χ1) is 14.6. The lowest BCUT2D eigenvalue weighted by molar-refractivity contribution is 0.102. The van der Waals surface area contributed by atoms with E-state index in [1.807, 2.05) is 30.3 Å². The van der Waals surface area contributed by atoms with E-state index in [1.54, 1.807) is 36.9 Å². The molecule has 0 atom stereocenters. The van der Waals surface area contributed by atoms with Gasteiger partial charge in [-0.3, -0.25) is 14.9 Å². The number of carbonyl (C=O) groups is 1. The second-order valence-corrected chi connectivity index (χ2v) is 7.55. The van der Waals surface area contributed by atoms with E-state index in [-0.39, 0.29) is 18.0 Å². The molecule has 152 valence electrons. The molecular formula is C22H20N4O3S. The summed E-state index contributed by atoms with van der Waals surface area (Å²) in [6.45, 7) is 2.49. The van der Waals surface area contributed by atoms with Crippen LogP contribution in [0.1, 0.15) is 27.4 Å². The lowest BCUT2D eigenvalue weighted by Crippen LogP contribution is -2.28. The highest BCUT2D eigenvalue weighted by atomic mass is 32.1. The summed E-state index contributed by atoms with van der Waals surface area (Å²) in [5, 5.41) is 8.34. The van der Waals surface area contributed by atoms with Crippen molar-refractivity contribution < 1.29 is 9.21 Å². The Hall–Kier alpha value is -3.65. The Bertz CT molecular complexity index is 1180. The van der Waals surface area contributed by atoms with Gasteiger partial charge in [0.2, 0.25) is 0 Å². The third-order valence-electron chi connectivity index (χ3n) is 4.67. The van der Waals surface area contributed by atoms with Crippen LogP contribution in [0.4, 0.5) is 10.8 Å². The molecular weight excluding hydrogens is 400 g/mol. The van der Waals surface area contributed by atoms with Crippen LogP contribution in [0.2, 0.25) is 0 Å². The Morgan fingerprint density at radius 2 is 2.03 bits per heavy atom. The smallest absolute Gasteiger partial charge is 0.261 e. The molecule has 1 aromatic carbocycles. The van der Waals surface area contributed by atoms with Gasteiger partial charge in [0.25, 0.3) is 11.5 Å². The Morgan fingerprint density at radius 1 is 1.20 bits per heavy atom. The Morgan fingerprint density at radius 3 is 2.73 bits per heavy atom. The lowest BCUT2D eigenvalue weighted by Gasteiger charge is -2.18. The molecule has 3 aromatic heterocycles. The van der Waals surface area contributed by atoms with Gasteiger partial charge in [0.1, 0.15) is 5.76 Å². The number of aromatic nitrogens is 2. The number of nitrogens with one attached hydrogen (secondary N) is 2. The van der Waals surface area contributed by atoms with E-state index < -0.39 is 0 Å². The standard InChI is InChI=1S/C22H20N4O3S/c1-15-20(21(28)25-22-23-9-11-30-22)18(24-13-16-6-3-2-4-7-16)12-19(27)26(15)14-17-8-5-10-29-17/h2-12,24H,13-14H2,1H3,(H,23,25,28). The molecule has 0 saturated carbocycles. The van der Waals surface area contributed by atoms with Crippen LogP contribution < -0.4 is 16.2 Å². The van der Waals surface area contributed by atoms with Crippen LogP contribution in [0.15, 0.2) is 75.6 Å². The zero-order valence-electron chi connectivity index (χ0n) is 16.3. The molecule has 0 fully saturated rings. The highest BCUT2D eigenvalue weighted by Crippen LogP contribution is 2.22. The van der Waals surface area contributed by atoms with Crippen molar-refractivity contribution in [3.8, 4) is 0 Å². The number of thiazole rings is 1. The van der Waals surface area contributed by atoms with Gasteiger partial charge in [-0.15, -0.1) is 11.3 Å². The first-order valence-electron chi connectivity index (χ1n) is 9.37. The average Bonchev–Trinajstić information content (AvgIpc) is 3.44. The van der Waals surface area contributed by atoms with Crippen LogP contribution in [-0.4, -0.2) is 15.5 Å². The summed E-state index contributed by atoms with van der Waals surface area (Å²) < 4.78 is 6.92. The van der Waals surface area contributed by atoms with Gasteiger partial charge >= 0.3 is 0 Å². The van der Waals surface area contributed by atoms with Gasteiger partial charge in [-0.1, -0.05) is 30.3 Å². The molecule has 0 spiro atoms. The summed E-state index contributed by atoms with van der Waals surface area (Å²) in [5.41, 5.74) is 2.24. The van der Waals surface area contributed by atoms with Crippen molar-refractivity contribution in [1.82, 2.24) is 9.55 Å². The number of pyridine rings is 1. The third kappa shape index (κ3) is 4.33. The summed E-state index contributed by atoms with van der Waals surface area (Å²) >= 11 is 1.33. The quantitative estimate of drug-likeness (QED) is 0.469. The zero-order valence-corrected chi connectivity index (χ0v) is 17.1. The van der Waals surface area contributed by atoms with E-state index in [9.17, 15) is 9.59 Å². The van der Waals surface area contributed by atoms with Crippen molar-refractivity contribution in [3.05, 3.63) is 99.3 Å². The molecule has 4 aromatic rings. The molecule has 0 unspecified atom stereocenters. The molecule has 0 aliphatic rings. The molecule has 2 N–H and O–H groups in total. The number of carbonyl (C=O) groups excluding carboxylic acids is 1. The monoisotopic (exact) mass is 420 g/mol. The maximum Gasteiger partial charge on any atom is 0.261 e. The fourth-order valence-corrected chi connectivity index (χ4v) is 3.71. The summed E-state index contributed by atoms with van der Waals surface area (Å²) in [5.74, 6) is 0.308. The van der Waals surface area contributed by atoms with Crippen LogP contribution in [0.3, 0.4) is 0 Å². The minimum Gasteiger partial charge on any atom is -0.467 e. The second kappa shape index (κ2) is 8.79. The molecule has 0 aliphatic heterocycles. The normalized spacial score (nSPS) is 10.7. The van der Waals surface area contributed by atoms with Crippen molar-refractivity contribution in [2.45, 2.75) is 20.0 Å². The van der Waals surface area contributed by atoms with Crippen LogP contribution in [0.25, 0.3) is 0 Å². The highest BCUT2D eigenvalue weighted by molar-refractivity contribution is 7.13. The van der Waals surface area contributed by atoms with Gasteiger partial charge in [0.05, 0.1) is 24.1 Å². The maximum atomic E-state index is 13.1. The number of nitrogens with zero attached hydrogens (tertiary/aromatic N) is 2. The molecule has 0 aliphatic carbocycles. The van der Waals surface area contributed by atoms with E-state index in [1.165, 1.54) is 22.0 Å². The van der Waals surface area contributed by atoms with E-state index >= 15 is 0 Å². The van der Waals surface area contributed by atoms with E-state index in [4.69, 9.17) is 4.42 Å². The predicted octanol–water partition coefficient (Wildman–Crippen LogP) is 4.12. The van der Waals surface area contributed by atoms with Crippen LogP contribution in [0, 0.1) is 6.92 Å². The summed E-state index contributed by atoms with van der Waals surface area (Å²) in [4.78, 5) is 30.1. The summed E-state index contributed by atoms with van der Waals surface area (Å²) in [7, 11) is 0. The number of hydrogen-bond donors (Lipinski definition) is 2. The van der Waals surface area contributed by atoms with E-state index in [0.29, 0.717) is 34.4 Å². The maximum absolute atomic E-state index is 13.1. The summed E-state index contributed by atoms with van der Waals surface area (Å²) in [6.07, 6.45) is 3.18. The van der Waals surface area contributed by atoms with Crippen molar-refractivity contribution in [3.63, 3.8) is 0 Å². The minimum atomic E-state index is -0.328. The number of anilines is 2. The molecule has 7 nitrogen and oxygen atoms in total. The molecule has 8 heteroatoms. The second-order valence-electron chi connectivity index (χ2n) is 6.65. The van der Waals surface area contributed by atoms with Crippen molar-refractivity contribution >= 4 is 28.1 Å². The molecule has 30 heavy (non-hydrogen) atoms. The van der Waals surface area contributed by atoms with Crippen molar-refractivity contribution in [2.24, 2.45) is 0 Å². The van der Waals surface area contributed by atoms with Gasteiger partial charge in [-0.2, -0.15) is 0 Å². The molecule has 0 bridgehead atoms. The lowest BCUT2D eigenvalue weighted by atomic mass is 10.1. The van der Waals surface area contributed by atoms with Gasteiger partial charge in [-0.25, -0.2) is 4.98 Å². The minimum absolute atomic E-state index is 0.217. The number of furan rings is 1. The Kier molecular flexibility index (Phi) is 5.76. The molecule has 3 heterocycles. The largest absolute Gasteiger partial charge is 0.467 e. The van der Waals surface area contributed by atoms with E-state index in [0.717, 1.165) is 5.56 Å². The SMILES string of the molecule is Cc1c(C(=O)Nc2nccs2)c(NCc2ccccc2)cc(=O)n1Cc1ccco1. The van der Waals surface area contributed by atoms with Crippen LogP contribution >= 0.6 is 11.3 Å². The van der Waals surface area contributed by atoms with Gasteiger partial charge in [-0.05, 0) is 24.6 Å². The molecule has 0 saturated heterocycles. The number of amides is 1. The fraction of sp³-hybridized carbons (Fsp3) is 0.136. The predicted molar refractivity (Wildman–Crippen MR) is 117 cm³/mol. The van der Waals surface area contributed by atoms with Gasteiger partial charge in [0, 0.05) is 29.9 Å². The Balaban J connectivity index is 1.71. The zero-order chi connectivity index (χ0) is 20.9. The van der Waals surface area contributed by atoms with E-state index in [2.05, 4.69) is 15.6 Å². The molecule has 4 rings (SSSR count). The third-order valence-corrected chi connectivity index (χ3v) is 5.36. The first kappa shape index (κ1) is 19.7. The topological polar surface area (TPSA) is 89.2 Å². The van der Waals surface area contributed by atoms with Crippen LogP contribution in [0.5, 0.6) is 0 Å². The Labute approximate surface area is 177 Å². The molecule has 1 amide bonds. The van der Waals surface area contributed by atoms with Crippen molar-refractivity contribution in [1.29, 1.82) is 0 Å². The number of rotatable bonds is 7. The fourth-order valence-electron chi connectivity index (χ4n) is 3.19. The highest BCUT2D eigenvalue weighted by Gasteiger charge is 2.20. The van der Waals surface area contributed by atoms with Gasteiger partial charge < -0.3 is 14.3 Å². The first-order valence-corrected chi connectivity index (χ1v) is 10.3. The number of hydrogen-bond acceptors (Lipinski definition) is 6. The molecule has 0 radical (unpaired) electrons.